The normalized spacial score (nSPS) is 16.5. The fourth-order valence-corrected chi connectivity index (χ4v) is 2.23. The van der Waals surface area contributed by atoms with Gasteiger partial charge >= 0.3 is 5.97 Å². The van der Waals surface area contributed by atoms with E-state index in [0.717, 1.165) is 0 Å². The third-order valence-corrected chi connectivity index (χ3v) is 3.30. The summed E-state index contributed by atoms with van der Waals surface area (Å²) in [5, 5.41) is 8.81. The average Bonchev–Trinajstić information content (AvgIpc) is 2.46. The number of Topliss-reactive ketones (excluding diaryl/α,β-unsaturated/α-hetero) is 1. The smallest absolute Gasteiger partial charge is 0.341 e. The number of carbonyl (C=O) groups excluding carboxylic acids is 2. The van der Waals surface area contributed by atoms with Crippen molar-refractivity contribution in [1.29, 1.82) is 0 Å². The Balaban J connectivity index is 3.36. The number of carboxylic acid groups (broad SMARTS) is 1. The number of aliphatic imine (C=N–C) groups is 1. The van der Waals surface area contributed by atoms with E-state index < -0.39 is 24.3 Å². The quantitative estimate of drug-likeness (QED) is 0.528. The Bertz CT molecular complexity index is 632. The predicted octanol–water partition coefficient (Wildman–Crippen LogP) is 1.04. The van der Waals surface area contributed by atoms with Crippen molar-refractivity contribution in [1.82, 2.24) is 4.90 Å². The minimum absolute atomic E-state index is 0.00624. The lowest BCUT2D eigenvalue weighted by molar-refractivity contribution is -0.139. The number of ether oxygens (including phenoxy) is 1. The van der Waals surface area contributed by atoms with Gasteiger partial charge in [-0.25, -0.2) is 9.79 Å². The highest BCUT2D eigenvalue weighted by atomic mass is 16.5. The maximum Gasteiger partial charge on any atom is 0.341 e. The molecule has 132 valence electrons. The lowest BCUT2D eigenvalue weighted by Crippen LogP contribution is -2.33. The van der Waals surface area contributed by atoms with Crippen molar-refractivity contribution in [3.8, 4) is 0 Å². The first kappa shape index (κ1) is 19.4. The van der Waals surface area contributed by atoms with Gasteiger partial charge in [0.15, 0.2) is 6.61 Å². The summed E-state index contributed by atoms with van der Waals surface area (Å²) < 4.78 is 5.22. The van der Waals surface area contributed by atoms with E-state index >= 15 is 0 Å². The fourth-order valence-electron chi connectivity index (χ4n) is 2.23. The first-order valence-electron chi connectivity index (χ1n) is 7.55. The van der Waals surface area contributed by atoms with Gasteiger partial charge in [0.25, 0.3) is 5.91 Å². The zero-order valence-corrected chi connectivity index (χ0v) is 14.3. The number of aliphatic carboxylic acids is 1. The molecule has 1 aliphatic heterocycles. The Morgan fingerprint density at radius 2 is 2.00 bits per heavy atom. The van der Waals surface area contributed by atoms with Gasteiger partial charge in [-0.05, 0) is 25.7 Å². The van der Waals surface area contributed by atoms with Gasteiger partial charge in [-0.3, -0.25) is 9.59 Å². The topological polar surface area (TPSA) is 122 Å². The lowest BCUT2D eigenvalue weighted by Gasteiger charge is -2.27. The van der Waals surface area contributed by atoms with E-state index in [1.165, 1.54) is 0 Å². The van der Waals surface area contributed by atoms with Crippen LogP contribution in [0, 0.1) is 5.92 Å². The highest BCUT2D eigenvalue weighted by Gasteiger charge is 2.28. The molecule has 0 aromatic carbocycles. The van der Waals surface area contributed by atoms with Crippen LogP contribution in [0.1, 0.15) is 33.6 Å². The predicted molar refractivity (Wildman–Crippen MR) is 87.8 cm³/mol. The monoisotopic (exact) mass is 337 g/mol. The van der Waals surface area contributed by atoms with E-state index in [4.69, 9.17) is 15.6 Å². The molecule has 0 atom stereocenters. The minimum atomic E-state index is -1.17. The summed E-state index contributed by atoms with van der Waals surface area (Å²) >= 11 is 0. The van der Waals surface area contributed by atoms with Crippen LogP contribution in [-0.2, 0) is 19.1 Å². The summed E-state index contributed by atoms with van der Waals surface area (Å²) in [5.41, 5.74) is 6.18. The number of likely N-dealkylation sites (N-methyl/N-ethyl adjacent to an activating group) is 1. The number of allylic oxidation sites excluding steroid dienone is 1. The molecule has 3 N–H and O–H groups in total. The molecule has 0 fully saturated rings. The van der Waals surface area contributed by atoms with Crippen LogP contribution < -0.4 is 5.73 Å². The van der Waals surface area contributed by atoms with Crippen molar-refractivity contribution >= 4 is 23.6 Å². The molecular weight excluding hydrogens is 314 g/mol. The molecule has 0 aromatic rings. The fraction of sp³-hybridized carbons (Fsp3) is 0.500. The third kappa shape index (κ3) is 5.22. The van der Waals surface area contributed by atoms with Crippen LogP contribution in [-0.4, -0.2) is 47.2 Å². The highest BCUT2D eigenvalue weighted by Crippen LogP contribution is 2.24. The Kier molecular flexibility index (Phi) is 6.69. The number of primary amides is 1. The summed E-state index contributed by atoms with van der Waals surface area (Å²) in [4.78, 5) is 40.2. The number of hydrogen-bond donors (Lipinski definition) is 2. The summed E-state index contributed by atoms with van der Waals surface area (Å²) in [7, 11) is 1.67. The van der Waals surface area contributed by atoms with Gasteiger partial charge in [0, 0.05) is 18.8 Å². The number of carboxylic acids is 1. The van der Waals surface area contributed by atoms with Crippen LogP contribution in [0.15, 0.2) is 28.2 Å². The van der Waals surface area contributed by atoms with E-state index in [0.29, 0.717) is 24.5 Å². The molecular formula is C16H23N3O5. The van der Waals surface area contributed by atoms with Gasteiger partial charge in [-0.15, -0.1) is 0 Å². The van der Waals surface area contributed by atoms with Crippen LogP contribution in [0.3, 0.4) is 0 Å². The first-order chi connectivity index (χ1) is 11.1. The Morgan fingerprint density at radius 3 is 2.50 bits per heavy atom. The van der Waals surface area contributed by atoms with Crippen molar-refractivity contribution in [3.05, 3.63) is 23.2 Å². The number of nitrogens with two attached hydrogens (primary N) is 1. The molecule has 1 amide bonds. The standard InChI is InChI=1S/C16H23N3O5/c1-9(2)5-6-11(14(22)15(17)23)13-16(24-8-12(20)21)18-10(3)7-19(13)4/h7,9H,5-6,8H2,1-4H3,(H2,17,23)(H,20,21)/b13-11+. The van der Waals surface area contributed by atoms with Gasteiger partial charge in [0.2, 0.25) is 11.7 Å². The van der Waals surface area contributed by atoms with E-state index in [9.17, 15) is 14.4 Å². The number of rotatable bonds is 7. The van der Waals surface area contributed by atoms with Gasteiger partial charge in [-0.1, -0.05) is 13.8 Å². The number of amides is 1. The van der Waals surface area contributed by atoms with Gasteiger partial charge in [0.05, 0.1) is 5.70 Å². The van der Waals surface area contributed by atoms with Crippen LogP contribution >= 0.6 is 0 Å². The van der Waals surface area contributed by atoms with Crippen LogP contribution in [0.2, 0.25) is 0 Å². The molecule has 8 heteroatoms. The van der Waals surface area contributed by atoms with E-state index in [1.807, 2.05) is 13.8 Å². The highest BCUT2D eigenvalue weighted by molar-refractivity contribution is 6.43. The Hall–Kier alpha value is -2.64. The summed E-state index contributed by atoms with van der Waals surface area (Å²) in [6, 6.07) is 0. The molecule has 0 spiro atoms. The summed E-state index contributed by atoms with van der Waals surface area (Å²) in [6.45, 7) is 5.08. The molecule has 0 aromatic heterocycles. The molecule has 0 saturated carbocycles. The molecule has 1 aliphatic rings. The van der Waals surface area contributed by atoms with Crippen LogP contribution in [0.5, 0.6) is 0 Å². The Labute approximate surface area is 140 Å². The van der Waals surface area contributed by atoms with Crippen molar-refractivity contribution in [3.63, 3.8) is 0 Å². The molecule has 0 unspecified atom stereocenters. The van der Waals surface area contributed by atoms with Crippen LogP contribution in [0.25, 0.3) is 0 Å². The van der Waals surface area contributed by atoms with Gasteiger partial charge < -0.3 is 20.5 Å². The lowest BCUT2D eigenvalue weighted by atomic mass is 9.96. The Morgan fingerprint density at radius 1 is 1.38 bits per heavy atom. The number of ketones is 1. The zero-order chi connectivity index (χ0) is 18.4. The van der Waals surface area contributed by atoms with E-state index in [1.54, 1.807) is 25.1 Å². The van der Waals surface area contributed by atoms with E-state index in [-0.39, 0.29) is 17.2 Å². The van der Waals surface area contributed by atoms with Crippen molar-refractivity contribution < 1.29 is 24.2 Å². The number of carbonyl (C=O) groups is 3. The SMILES string of the molecule is CC1=CN(C)/C(=C(\CCC(C)C)C(=O)C(N)=O)C(OCC(=O)O)=N1. The molecule has 0 bridgehead atoms. The van der Waals surface area contributed by atoms with E-state index in [2.05, 4.69) is 4.99 Å². The van der Waals surface area contributed by atoms with Gasteiger partial charge in [-0.2, -0.15) is 0 Å². The summed E-state index contributed by atoms with van der Waals surface area (Å²) in [6.07, 6.45) is 2.62. The zero-order valence-electron chi connectivity index (χ0n) is 14.3. The molecule has 24 heavy (non-hydrogen) atoms. The third-order valence-electron chi connectivity index (χ3n) is 3.30. The van der Waals surface area contributed by atoms with Gasteiger partial charge in [0.1, 0.15) is 5.70 Å². The second-order valence-electron chi connectivity index (χ2n) is 5.93. The van der Waals surface area contributed by atoms with Crippen LogP contribution in [0.4, 0.5) is 0 Å². The maximum atomic E-state index is 12.3. The van der Waals surface area contributed by atoms with Crippen molar-refractivity contribution in [2.45, 2.75) is 33.6 Å². The number of hydrogen-bond acceptors (Lipinski definition) is 6. The average molecular weight is 337 g/mol. The molecule has 0 aliphatic carbocycles. The molecule has 1 heterocycles. The molecule has 0 radical (unpaired) electrons. The maximum absolute atomic E-state index is 12.3. The first-order valence-corrected chi connectivity index (χ1v) is 7.55. The molecule has 0 saturated heterocycles. The molecule has 8 nitrogen and oxygen atoms in total. The van der Waals surface area contributed by atoms with Crippen molar-refractivity contribution in [2.75, 3.05) is 13.7 Å². The summed E-state index contributed by atoms with van der Waals surface area (Å²) in [5.74, 6) is -2.77. The van der Waals surface area contributed by atoms with Crippen molar-refractivity contribution in [2.24, 2.45) is 16.6 Å². The number of nitrogens with zero attached hydrogens (tertiary/aromatic N) is 2. The largest absolute Gasteiger partial charge is 0.479 e. The second-order valence-corrected chi connectivity index (χ2v) is 5.93. The minimum Gasteiger partial charge on any atom is -0.479 e. The second kappa shape index (κ2) is 8.28. The molecule has 1 rings (SSSR count).